The molecule has 0 bridgehead atoms. The van der Waals surface area contributed by atoms with Gasteiger partial charge >= 0.3 is 0 Å². The zero-order valence-corrected chi connectivity index (χ0v) is 12.0. The minimum Gasteiger partial charge on any atom is -0.394 e. The van der Waals surface area contributed by atoms with E-state index < -0.39 is 0 Å². The first kappa shape index (κ1) is 15.7. The van der Waals surface area contributed by atoms with Gasteiger partial charge in [-0.2, -0.15) is 0 Å². The molecule has 1 atom stereocenters. The lowest BCUT2D eigenvalue weighted by Gasteiger charge is -2.18. The molecule has 0 spiro atoms. The smallest absolute Gasteiger partial charge is 0.261 e. The van der Waals surface area contributed by atoms with Crippen molar-refractivity contribution in [3.8, 4) is 0 Å². The van der Waals surface area contributed by atoms with Crippen molar-refractivity contribution in [1.82, 2.24) is 10.6 Å². The van der Waals surface area contributed by atoms with Crippen molar-refractivity contribution in [3.63, 3.8) is 0 Å². The van der Waals surface area contributed by atoms with E-state index in [0.717, 1.165) is 0 Å². The number of thiophene rings is 1. The maximum atomic E-state index is 11.6. The SMILES string of the molecule is CC(C)CC(CO)NC(=O)CNC(=O)c1cccs1. The molecule has 1 rings (SSSR count). The predicted molar refractivity (Wildman–Crippen MR) is 75.1 cm³/mol. The molecule has 3 N–H and O–H groups in total. The summed E-state index contributed by atoms with van der Waals surface area (Å²) in [6.45, 7) is 3.87. The molecular weight excluding hydrogens is 264 g/mol. The van der Waals surface area contributed by atoms with Crippen LogP contribution in [0.4, 0.5) is 0 Å². The Hall–Kier alpha value is -1.40. The molecule has 6 heteroatoms. The van der Waals surface area contributed by atoms with E-state index in [1.807, 2.05) is 13.8 Å². The molecule has 1 aromatic heterocycles. The maximum Gasteiger partial charge on any atom is 0.261 e. The van der Waals surface area contributed by atoms with E-state index in [1.54, 1.807) is 17.5 Å². The van der Waals surface area contributed by atoms with Crippen LogP contribution >= 0.6 is 11.3 Å². The molecule has 0 aliphatic heterocycles. The summed E-state index contributed by atoms with van der Waals surface area (Å²) in [6.07, 6.45) is 0.709. The lowest BCUT2D eigenvalue weighted by molar-refractivity contribution is -0.121. The molecule has 0 fully saturated rings. The second-order valence-corrected chi connectivity index (χ2v) is 5.68. The minimum absolute atomic E-state index is 0.0780. The van der Waals surface area contributed by atoms with Crippen LogP contribution in [0.15, 0.2) is 17.5 Å². The third-order valence-corrected chi connectivity index (χ3v) is 3.36. The van der Waals surface area contributed by atoms with Gasteiger partial charge in [0.1, 0.15) is 0 Å². The average molecular weight is 284 g/mol. The number of carbonyl (C=O) groups excluding carboxylic acids is 2. The minimum atomic E-state index is -0.287. The van der Waals surface area contributed by atoms with Crippen molar-refractivity contribution in [3.05, 3.63) is 22.4 Å². The fraction of sp³-hybridized carbons (Fsp3) is 0.538. The summed E-state index contributed by atoms with van der Waals surface area (Å²) in [5.74, 6) is -0.155. The van der Waals surface area contributed by atoms with Crippen molar-refractivity contribution < 1.29 is 14.7 Å². The van der Waals surface area contributed by atoms with Gasteiger partial charge in [-0.05, 0) is 23.8 Å². The fourth-order valence-electron chi connectivity index (χ4n) is 1.68. The number of aliphatic hydroxyl groups excluding tert-OH is 1. The van der Waals surface area contributed by atoms with Crippen LogP contribution < -0.4 is 10.6 Å². The first-order valence-electron chi connectivity index (χ1n) is 6.24. The largest absolute Gasteiger partial charge is 0.394 e. The van der Waals surface area contributed by atoms with Crippen LogP contribution in [0.25, 0.3) is 0 Å². The van der Waals surface area contributed by atoms with E-state index in [4.69, 9.17) is 5.11 Å². The molecule has 0 aromatic carbocycles. The molecule has 2 amide bonds. The van der Waals surface area contributed by atoms with Crippen LogP contribution in [-0.2, 0) is 4.79 Å². The molecular formula is C13H20N2O3S. The third-order valence-electron chi connectivity index (χ3n) is 2.50. The predicted octanol–water partition coefficient (Wildman–Crippen LogP) is 1.00. The number of nitrogens with one attached hydrogen (secondary N) is 2. The summed E-state index contributed by atoms with van der Waals surface area (Å²) in [6, 6.07) is 3.23. The zero-order valence-electron chi connectivity index (χ0n) is 11.2. The van der Waals surface area contributed by atoms with E-state index in [1.165, 1.54) is 11.3 Å². The van der Waals surface area contributed by atoms with Gasteiger partial charge in [0, 0.05) is 0 Å². The maximum absolute atomic E-state index is 11.6. The lowest BCUT2D eigenvalue weighted by Crippen LogP contribution is -2.43. The van der Waals surface area contributed by atoms with Gasteiger partial charge in [-0.1, -0.05) is 19.9 Å². The highest BCUT2D eigenvalue weighted by atomic mass is 32.1. The van der Waals surface area contributed by atoms with Gasteiger partial charge in [-0.3, -0.25) is 9.59 Å². The van der Waals surface area contributed by atoms with Crippen molar-refractivity contribution in [2.24, 2.45) is 5.92 Å². The van der Waals surface area contributed by atoms with Crippen LogP contribution in [0.1, 0.15) is 29.9 Å². The third kappa shape index (κ3) is 5.85. The standard InChI is InChI=1S/C13H20N2O3S/c1-9(2)6-10(8-16)15-12(17)7-14-13(18)11-4-3-5-19-11/h3-5,9-10,16H,6-8H2,1-2H3,(H,14,18)(H,15,17). The highest BCUT2D eigenvalue weighted by Crippen LogP contribution is 2.07. The molecule has 1 aromatic rings. The van der Waals surface area contributed by atoms with Crippen LogP contribution in [0, 0.1) is 5.92 Å². The topological polar surface area (TPSA) is 78.4 Å². The number of amides is 2. The molecule has 0 aliphatic rings. The molecule has 0 aliphatic carbocycles. The van der Waals surface area contributed by atoms with Crippen molar-refractivity contribution in [2.45, 2.75) is 26.3 Å². The van der Waals surface area contributed by atoms with Gasteiger partial charge in [-0.15, -0.1) is 11.3 Å². The molecule has 1 unspecified atom stereocenters. The van der Waals surface area contributed by atoms with Crippen molar-refractivity contribution >= 4 is 23.2 Å². The lowest BCUT2D eigenvalue weighted by atomic mass is 10.0. The number of hydrogen-bond donors (Lipinski definition) is 3. The van der Waals surface area contributed by atoms with Crippen molar-refractivity contribution in [1.29, 1.82) is 0 Å². The number of aliphatic hydroxyl groups is 1. The first-order chi connectivity index (χ1) is 9.02. The monoisotopic (exact) mass is 284 g/mol. The Labute approximate surface area is 117 Å². The van der Waals surface area contributed by atoms with Gasteiger partial charge in [0.2, 0.25) is 5.91 Å². The summed E-state index contributed by atoms with van der Waals surface area (Å²) in [4.78, 5) is 23.8. The first-order valence-corrected chi connectivity index (χ1v) is 7.12. The molecule has 0 saturated heterocycles. The Bertz CT molecular complexity index is 404. The zero-order chi connectivity index (χ0) is 14.3. The van der Waals surface area contributed by atoms with Gasteiger partial charge in [0.15, 0.2) is 0 Å². The Kier molecular flexibility index (Phi) is 6.52. The normalized spacial score (nSPS) is 12.2. The van der Waals surface area contributed by atoms with E-state index in [9.17, 15) is 9.59 Å². The number of hydrogen-bond acceptors (Lipinski definition) is 4. The van der Waals surface area contributed by atoms with E-state index in [-0.39, 0.29) is 31.0 Å². The number of carbonyl (C=O) groups is 2. The van der Waals surface area contributed by atoms with E-state index >= 15 is 0 Å². The molecule has 106 valence electrons. The van der Waals surface area contributed by atoms with Gasteiger partial charge in [0.25, 0.3) is 5.91 Å². The molecule has 0 saturated carbocycles. The Morgan fingerprint density at radius 3 is 2.68 bits per heavy atom. The van der Waals surface area contributed by atoms with E-state index in [2.05, 4.69) is 10.6 Å². The Morgan fingerprint density at radius 2 is 2.16 bits per heavy atom. The second-order valence-electron chi connectivity index (χ2n) is 4.74. The van der Waals surface area contributed by atoms with Crippen LogP contribution in [0.3, 0.4) is 0 Å². The Balaban J connectivity index is 2.32. The van der Waals surface area contributed by atoms with Crippen LogP contribution in [0.2, 0.25) is 0 Å². The quantitative estimate of drug-likeness (QED) is 0.699. The summed E-state index contributed by atoms with van der Waals surface area (Å²) < 4.78 is 0. The summed E-state index contributed by atoms with van der Waals surface area (Å²) in [5, 5.41) is 16.2. The molecule has 19 heavy (non-hydrogen) atoms. The average Bonchev–Trinajstić information content (AvgIpc) is 2.88. The second kappa shape index (κ2) is 7.91. The van der Waals surface area contributed by atoms with Gasteiger partial charge in [-0.25, -0.2) is 0 Å². The highest BCUT2D eigenvalue weighted by molar-refractivity contribution is 7.12. The summed E-state index contributed by atoms with van der Waals surface area (Å²) in [5.41, 5.74) is 0. The van der Waals surface area contributed by atoms with Crippen LogP contribution in [0.5, 0.6) is 0 Å². The van der Waals surface area contributed by atoms with E-state index in [0.29, 0.717) is 17.2 Å². The molecule has 0 radical (unpaired) electrons. The van der Waals surface area contributed by atoms with Gasteiger partial charge in [0.05, 0.1) is 24.1 Å². The summed E-state index contributed by atoms with van der Waals surface area (Å²) >= 11 is 1.33. The molecule has 1 heterocycles. The molecule has 5 nitrogen and oxygen atoms in total. The van der Waals surface area contributed by atoms with Crippen LogP contribution in [-0.4, -0.2) is 36.1 Å². The van der Waals surface area contributed by atoms with Crippen molar-refractivity contribution in [2.75, 3.05) is 13.2 Å². The summed E-state index contributed by atoms with van der Waals surface area (Å²) in [7, 11) is 0. The highest BCUT2D eigenvalue weighted by Gasteiger charge is 2.14. The fourth-order valence-corrected chi connectivity index (χ4v) is 2.32. The number of rotatable bonds is 7. The Morgan fingerprint density at radius 1 is 1.42 bits per heavy atom. The van der Waals surface area contributed by atoms with Gasteiger partial charge < -0.3 is 15.7 Å².